The molecule has 0 aromatic heterocycles. The highest BCUT2D eigenvalue weighted by Gasteiger charge is 1.76. The van der Waals surface area contributed by atoms with E-state index in [9.17, 15) is 0 Å². The Balaban J connectivity index is 3.58. The minimum Gasteiger partial charge on any atom is -0.363 e. The molecular formula is C3H5N3S. The van der Waals surface area contributed by atoms with E-state index in [4.69, 9.17) is 5.41 Å². The SMILES string of the molecule is CNC(=S)N=C=N. The van der Waals surface area contributed by atoms with Crippen LogP contribution >= 0.6 is 12.2 Å². The Morgan fingerprint density at radius 2 is 2.57 bits per heavy atom. The summed E-state index contributed by atoms with van der Waals surface area (Å²) in [5.41, 5.74) is 0. The zero-order chi connectivity index (χ0) is 5.70. The van der Waals surface area contributed by atoms with Crippen molar-refractivity contribution in [1.82, 2.24) is 5.32 Å². The van der Waals surface area contributed by atoms with Crippen LogP contribution in [-0.2, 0) is 0 Å². The van der Waals surface area contributed by atoms with Gasteiger partial charge in [0.2, 0.25) is 5.11 Å². The Labute approximate surface area is 47.0 Å². The van der Waals surface area contributed by atoms with Gasteiger partial charge in [0, 0.05) is 7.05 Å². The zero-order valence-corrected chi connectivity index (χ0v) is 4.67. The molecule has 4 heteroatoms. The standard InChI is InChI=1S/C3H5N3S/c1-5-3(7)6-2-4/h4H,1H3,(H,5,7). The first kappa shape index (κ1) is 6.27. The summed E-state index contributed by atoms with van der Waals surface area (Å²) < 4.78 is 0. The van der Waals surface area contributed by atoms with Crippen LogP contribution in [0.3, 0.4) is 0 Å². The maximum atomic E-state index is 6.29. The van der Waals surface area contributed by atoms with E-state index < -0.39 is 0 Å². The van der Waals surface area contributed by atoms with Crippen LogP contribution in [0.5, 0.6) is 0 Å². The summed E-state index contributed by atoms with van der Waals surface area (Å²) in [4.78, 5) is 3.28. The van der Waals surface area contributed by atoms with E-state index in [2.05, 4.69) is 22.5 Å². The number of nitrogens with zero attached hydrogens (tertiary/aromatic N) is 1. The zero-order valence-electron chi connectivity index (χ0n) is 3.86. The highest BCUT2D eigenvalue weighted by molar-refractivity contribution is 7.80. The maximum Gasteiger partial charge on any atom is 0.202 e. The second-order valence-corrected chi connectivity index (χ2v) is 1.17. The Kier molecular flexibility index (Phi) is 3.10. The average molecular weight is 115 g/mol. The number of nitrogens with one attached hydrogen (secondary N) is 2. The van der Waals surface area contributed by atoms with Gasteiger partial charge in [-0.2, -0.15) is 4.99 Å². The summed E-state index contributed by atoms with van der Waals surface area (Å²) >= 11 is 4.49. The molecule has 3 nitrogen and oxygen atoms in total. The summed E-state index contributed by atoms with van der Waals surface area (Å²) in [5.74, 6) is 0. The van der Waals surface area contributed by atoms with Crippen LogP contribution in [0.25, 0.3) is 0 Å². The van der Waals surface area contributed by atoms with Gasteiger partial charge in [-0.1, -0.05) is 0 Å². The fraction of sp³-hybridized carbons (Fsp3) is 0.333. The molecule has 0 saturated heterocycles. The number of aliphatic imine (C=N–C) groups is 1. The van der Waals surface area contributed by atoms with Crippen molar-refractivity contribution in [1.29, 1.82) is 5.41 Å². The Morgan fingerprint density at radius 3 is 2.71 bits per heavy atom. The second kappa shape index (κ2) is 3.46. The predicted octanol–water partition coefficient (Wildman–Crippen LogP) is 0.243. The molecule has 0 unspecified atom stereocenters. The van der Waals surface area contributed by atoms with Crippen LogP contribution in [0.2, 0.25) is 0 Å². The summed E-state index contributed by atoms with van der Waals surface area (Å²) in [6.45, 7) is 0. The lowest BCUT2D eigenvalue weighted by molar-refractivity contribution is 1.18. The average Bonchev–Trinajstić information content (AvgIpc) is 1.68. The predicted molar refractivity (Wildman–Crippen MR) is 31.8 cm³/mol. The van der Waals surface area contributed by atoms with Gasteiger partial charge in [-0.15, -0.1) is 0 Å². The minimum atomic E-state index is 0.287. The normalized spacial score (nSPS) is 6.43. The molecule has 0 saturated carbocycles. The molecule has 0 aromatic carbocycles. The molecule has 0 aliphatic heterocycles. The van der Waals surface area contributed by atoms with Gasteiger partial charge < -0.3 is 5.32 Å². The van der Waals surface area contributed by atoms with Crippen molar-refractivity contribution in [2.24, 2.45) is 4.99 Å². The van der Waals surface area contributed by atoms with Gasteiger partial charge in [-0.05, 0) is 12.2 Å². The Hall–Kier alpha value is -0.730. The first-order chi connectivity index (χ1) is 3.31. The van der Waals surface area contributed by atoms with E-state index in [-0.39, 0.29) is 5.11 Å². The van der Waals surface area contributed by atoms with E-state index >= 15 is 0 Å². The maximum absolute atomic E-state index is 6.29. The number of hydrogen-bond donors (Lipinski definition) is 2. The molecule has 0 radical (unpaired) electrons. The fourth-order valence-corrected chi connectivity index (χ4v) is 0.152. The number of thiocarbonyl (C=S) groups is 1. The van der Waals surface area contributed by atoms with Crippen LogP contribution in [0.4, 0.5) is 0 Å². The highest BCUT2D eigenvalue weighted by Crippen LogP contribution is 1.65. The van der Waals surface area contributed by atoms with E-state index in [1.165, 1.54) is 0 Å². The van der Waals surface area contributed by atoms with Crippen molar-refractivity contribution in [3.63, 3.8) is 0 Å². The van der Waals surface area contributed by atoms with Crippen LogP contribution in [0.1, 0.15) is 0 Å². The van der Waals surface area contributed by atoms with Crippen LogP contribution in [0.15, 0.2) is 4.99 Å². The van der Waals surface area contributed by atoms with Gasteiger partial charge in [-0.3, -0.25) is 0 Å². The van der Waals surface area contributed by atoms with Gasteiger partial charge in [0.1, 0.15) is 0 Å². The molecule has 2 N–H and O–H groups in total. The van der Waals surface area contributed by atoms with Crippen molar-refractivity contribution in [3.05, 3.63) is 0 Å². The molecule has 0 aromatic rings. The van der Waals surface area contributed by atoms with Crippen molar-refractivity contribution in [2.75, 3.05) is 7.05 Å². The third-order valence-corrected chi connectivity index (χ3v) is 0.667. The molecule has 0 atom stereocenters. The van der Waals surface area contributed by atoms with Crippen molar-refractivity contribution in [2.45, 2.75) is 0 Å². The molecule has 0 heterocycles. The van der Waals surface area contributed by atoms with Crippen molar-refractivity contribution >= 4 is 23.3 Å². The van der Waals surface area contributed by atoms with Gasteiger partial charge in [0.05, 0.1) is 6.01 Å². The van der Waals surface area contributed by atoms with Crippen LogP contribution in [0, 0.1) is 5.41 Å². The van der Waals surface area contributed by atoms with Gasteiger partial charge in [-0.25, -0.2) is 5.41 Å². The van der Waals surface area contributed by atoms with Gasteiger partial charge in [0.15, 0.2) is 0 Å². The second-order valence-electron chi connectivity index (χ2n) is 0.779. The topological polar surface area (TPSA) is 48.2 Å². The lowest BCUT2D eigenvalue weighted by Crippen LogP contribution is -2.11. The van der Waals surface area contributed by atoms with E-state index in [1.807, 2.05) is 0 Å². The molecule has 0 rings (SSSR count). The summed E-state index contributed by atoms with van der Waals surface area (Å²) in [7, 11) is 1.64. The molecular weight excluding hydrogens is 110 g/mol. The molecule has 7 heavy (non-hydrogen) atoms. The number of rotatable bonds is 0. The first-order valence-electron chi connectivity index (χ1n) is 1.65. The lowest BCUT2D eigenvalue weighted by atomic mass is 11.0. The largest absolute Gasteiger partial charge is 0.363 e. The highest BCUT2D eigenvalue weighted by atomic mass is 32.1. The lowest BCUT2D eigenvalue weighted by Gasteiger charge is -1.85. The monoisotopic (exact) mass is 115 g/mol. The van der Waals surface area contributed by atoms with Crippen molar-refractivity contribution < 1.29 is 0 Å². The molecule has 0 spiro atoms. The molecule has 0 fully saturated rings. The molecule has 0 bridgehead atoms. The fourth-order valence-electron chi connectivity index (χ4n) is 0.107. The summed E-state index contributed by atoms with van der Waals surface area (Å²) in [5, 5.41) is 9.13. The summed E-state index contributed by atoms with van der Waals surface area (Å²) in [6.07, 6.45) is 0. The molecule has 0 amide bonds. The molecule has 0 aliphatic rings. The Morgan fingerprint density at radius 1 is 2.00 bits per heavy atom. The van der Waals surface area contributed by atoms with Gasteiger partial charge >= 0.3 is 0 Å². The van der Waals surface area contributed by atoms with Crippen LogP contribution < -0.4 is 5.32 Å². The summed E-state index contributed by atoms with van der Waals surface area (Å²) in [6, 6.07) is 1.79. The van der Waals surface area contributed by atoms with Crippen molar-refractivity contribution in [3.8, 4) is 0 Å². The Bertz CT molecular complexity index is 113. The number of hydrogen-bond acceptors (Lipinski definition) is 2. The quantitative estimate of drug-likeness (QED) is 0.351. The molecule has 38 valence electrons. The van der Waals surface area contributed by atoms with Crippen LogP contribution in [-0.4, -0.2) is 18.2 Å². The van der Waals surface area contributed by atoms with E-state index in [1.54, 1.807) is 13.1 Å². The third-order valence-electron chi connectivity index (χ3n) is 0.371. The van der Waals surface area contributed by atoms with E-state index in [0.717, 1.165) is 0 Å². The van der Waals surface area contributed by atoms with E-state index in [0.29, 0.717) is 0 Å². The third kappa shape index (κ3) is 3.09. The van der Waals surface area contributed by atoms with Gasteiger partial charge in [0.25, 0.3) is 0 Å². The smallest absolute Gasteiger partial charge is 0.202 e. The molecule has 0 aliphatic carbocycles. The minimum absolute atomic E-state index is 0.287. The first-order valence-corrected chi connectivity index (χ1v) is 2.06.